The predicted octanol–water partition coefficient (Wildman–Crippen LogP) is 2.18. The van der Waals surface area contributed by atoms with Gasteiger partial charge in [0.1, 0.15) is 0 Å². The van der Waals surface area contributed by atoms with E-state index in [1.54, 1.807) is 14.2 Å². The minimum atomic E-state index is -0.164. The number of methoxy groups -OCH3 is 2. The minimum absolute atomic E-state index is 0.164. The number of hydrogen-bond donors (Lipinski definition) is 1. The molecule has 0 spiro atoms. The summed E-state index contributed by atoms with van der Waals surface area (Å²) in [6.45, 7) is 4.94. The van der Waals surface area contributed by atoms with Crippen LogP contribution in [0.15, 0.2) is 18.2 Å². The van der Waals surface area contributed by atoms with Crippen LogP contribution in [0, 0.1) is 0 Å². The van der Waals surface area contributed by atoms with Crippen molar-refractivity contribution in [2.24, 2.45) is 0 Å². The van der Waals surface area contributed by atoms with Crippen LogP contribution in [0.3, 0.4) is 0 Å². The Balaban J connectivity index is 2.44. The summed E-state index contributed by atoms with van der Waals surface area (Å²) in [5, 5.41) is 3.31. The molecule has 1 atom stereocenters. The average molecular weight is 295 g/mol. The number of hydrogen-bond acceptors (Lipinski definition) is 5. The second kappa shape index (κ2) is 9.23. The van der Waals surface area contributed by atoms with Crippen molar-refractivity contribution in [1.82, 2.24) is 5.32 Å². The zero-order valence-corrected chi connectivity index (χ0v) is 13.3. The molecular formula is C16H25NO4. The molecule has 0 saturated carbocycles. The largest absolute Gasteiger partial charge is 0.493 e. The molecule has 0 radical (unpaired) electrons. The fourth-order valence-corrected chi connectivity index (χ4v) is 2.09. The molecule has 1 aromatic rings. The highest BCUT2D eigenvalue weighted by Crippen LogP contribution is 2.27. The van der Waals surface area contributed by atoms with Crippen molar-refractivity contribution in [2.45, 2.75) is 32.7 Å². The first kappa shape index (κ1) is 17.3. The van der Waals surface area contributed by atoms with Crippen LogP contribution in [0.2, 0.25) is 0 Å². The number of esters is 1. The van der Waals surface area contributed by atoms with Crippen LogP contribution in [0.25, 0.3) is 0 Å². The summed E-state index contributed by atoms with van der Waals surface area (Å²) in [4.78, 5) is 11.2. The SMILES string of the molecule is CCOC(=O)CCNC(C)Cc1ccc(OC)c(OC)c1. The van der Waals surface area contributed by atoms with Crippen LogP contribution in [-0.2, 0) is 16.0 Å². The van der Waals surface area contributed by atoms with Crippen LogP contribution in [-0.4, -0.2) is 39.4 Å². The molecule has 0 saturated heterocycles. The molecule has 0 aliphatic heterocycles. The Morgan fingerprint density at radius 2 is 1.95 bits per heavy atom. The predicted molar refractivity (Wildman–Crippen MR) is 82.0 cm³/mol. The van der Waals surface area contributed by atoms with Crippen molar-refractivity contribution >= 4 is 5.97 Å². The van der Waals surface area contributed by atoms with E-state index in [-0.39, 0.29) is 12.0 Å². The third kappa shape index (κ3) is 6.04. The first-order valence-electron chi connectivity index (χ1n) is 7.20. The number of carbonyl (C=O) groups excluding carboxylic acids is 1. The van der Waals surface area contributed by atoms with Crippen LogP contribution in [0.5, 0.6) is 11.5 Å². The van der Waals surface area contributed by atoms with E-state index < -0.39 is 0 Å². The van der Waals surface area contributed by atoms with E-state index in [0.717, 1.165) is 23.5 Å². The van der Waals surface area contributed by atoms with Crippen LogP contribution < -0.4 is 14.8 Å². The quantitative estimate of drug-likeness (QED) is 0.708. The van der Waals surface area contributed by atoms with Crippen molar-refractivity contribution in [3.8, 4) is 11.5 Å². The Morgan fingerprint density at radius 1 is 1.24 bits per heavy atom. The standard InChI is InChI=1S/C16H25NO4/c1-5-21-16(18)8-9-17-12(2)10-13-6-7-14(19-3)15(11-13)20-4/h6-7,11-12,17H,5,8-10H2,1-4H3. The molecule has 0 fully saturated rings. The molecule has 5 heteroatoms. The van der Waals surface area contributed by atoms with E-state index in [1.807, 2.05) is 25.1 Å². The molecule has 118 valence electrons. The molecule has 0 aromatic heterocycles. The summed E-state index contributed by atoms with van der Waals surface area (Å²) in [5.41, 5.74) is 1.16. The normalized spacial score (nSPS) is 11.8. The molecule has 5 nitrogen and oxygen atoms in total. The van der Waals surface area contributed by atoms with E-state index >= 15 is 0 Å². The van der Waals surface area contributed by atoms with Gasteiger partial charge in [-0.3, -0.25) is 4.79 Å². The van der Waals surface area contributed by atoms with Crippen molar-refractivity contribution in [3.05, 3.63) is 23.8 Å². The lowest BCUT2D eigenvalue weighted by molar-refractivity contribution is -0.142. The van der Waals surface area contributed by atoms with E-state index in [1.165, 1.54) is 0 Å². The summed E-state index contributed by atoms with van der Waals surface area (Å²) >= 11 is 0. The molecule has 1 aromatic carbocycles. The first-order chi connectivity index (χ1) is 10.1. The highest BCUT2D eigenvalue weighted by molar-refractivity contribution is 5.69. The van der Waals surface area contributed by atoms with Gasteiger partial charge in [-0.2, -0.15) is 0 Å². The lowest BCUT2D eigenvalue weighted by Crippen LogP contribution is -2.30. The molecule has 0 aliphatic carbocycles. The van der Waals surface area contributed by atoms with Gasteiger partial charge < -0.3 is 19.5 Å². The molecule has 1 N–H and O–H groups in total. The van der Waals surface area contributed by atoms with Gasteiger partial charge in [-0.05, 0) is 38.0 Å². The lowest BCUT2D eigenvalue weighted by atomic mass is 10.1. The number of nitrogens with one attached hydrogen (secondary N) is 1. The van der Waals surface area contributed by atoms with E-state index in [4.69, 9.17) is 14.2 Å². The van der Waals surface area contributed by atoms with E-state index in [0.29, 0.717) is 19.6 Å². The monoisotopic (exact) mass is 295 g/mol. The third-order valence-electron chi connectivity index (χ3n) is 3.12. The molecule has 0 bridgehead atoms. The summed E-state index contributed by atoms with van der Waals surface area (Å²) in [6.07, 6.45) is 1.24. The molecule has 0 aliphatic rings. The number of benzene rings is 1. The van der Waals surface area contributed by atoms with E-state index in [9.17, 15) is 4.79 Å². The van der Waals surface area contributed by atoms with Gasteiger partial charge >= 0.3 is 5.97 Å². The molecule has 1 unspecified atom stereocenters. The highest BCUT2D eigenvalue weighted by Gasteiger charge is 2.09. The number of ether oxygens (including phenoxy) is 3. The van der Waals surface area contributed by atoms with Crippen molar-refractivity contribution < 1.29 is 19.0 Å². The van der Waals surface area contributed by atoms with Gasteiger partial charge in [0.2, 0.25) is 0 Å². The van der Waals surface area contributed by atoms with E-state index in [2.05, 4.69) is 12.2 Å². The Morgan fingerprint density at radius 3 is 2.57 bits per heavy atom. The Hall–Kier alpha value is -1.75. The molecule has 0 amide bonds. The zero-order chi connectivity index (χ0) is 15.7. The first-order valence-corrected chi connectivity index (χ1v) is 7.20. The zero-order valence-electron chi connectivity index (χ0n) is 13.3. The van der Waals surface area contributed by atoms with Gasteiger partial charge in [-0.25, -0.2) is 0 Å². The van der Waals surface area contributed by atoms with Crippen molar-refractivity contribution in [3.63, 3.8) is 0 Å². The average Bonchev–Trinajstić information content (AvgIpc) is 2.47. The van der Waals surface area contributed by atoms with Gasteiger partial charge in [0.05, 0.1) is 27.2 Å². The summed E-state index contributed by atoms with van der Waals surface area (Å²) in [7, 11) is 3.25. The van der Waals surface area contributed by atoms with Crippen LogP contribution in [0.1, 0.15) is 25.8 Å². The van der Waals surface area contributed by atoms with Gasteiger partial charge in [0.25, 0.3) is 0 Å². The molecule has 21 heavy (non-hydrogen) atoms. The lowest BCUT2D eigenvalue weighted by Gasteiger charge is -2.15. The molecule has 0 heterocycles. The second-order valence-electron chi connectivity index (χ2n) is 4.80. The fraction of sp³-hybridized carbons (Fsp3) is 0.562. The van der Waals surface area contributed by atoms with Gasteiger partial charge in [0.15, 0.2) is 11.5 Å². The Labute approximate surface area is 126 Å². The van der Waals surface area contributed by atoms with Crippen molar-refractivity contribution in [2.75, 3.05) is 27.4 Å². The van der Waals surface area contributed by atoms with Gasteiger partial charge in [0, 0.05) is 12.6 Å². The number of carbonyl (C=O) groups is 1. The van der Waals surface area contributed by atoms with Crippen LogP contribution in [0.4, 0.5) is 0 Å². The molecular weight excluding hydrogens is 270 g/mol. The maximum Gasteiger partial charge on any atom is 0.307 e. The van der Waals surface area contributed by atoms with Gasteiger partial charge in [-0.15, -0.1) is 0 Å². The maximum atomic E-state index is 11.2. The Bertz CT molecular complexity index is 448. The fourth-order valence-electron chi connectivity index (χ4n) is 2.09. The highest BCUT2D eigenvalue weighted by atomic mass is 16.5. The van der Waals surface area contributed by atoms with Crippen LogP contribution >= 0.6 is 0 Å². The smallest absolute Gasteiger partial charge is 0.307 e. The number of rotatable bonds is 9. The molecule has 1 rings (SSSR count). The van der Waals surface area contributed by atoms with Crippen molar-refractivity contribution in [1.29, 1.82) is 0 Å². The maximum absolute atomic E-state index is 11.2. The minimum Gasteiger partial charge on any atom is -0.493 e. The second-order valence-corrected chi connectivity index (χ2v) is 4.80. The summed E-state index contributed by atoms with van der Waals surface area (Å²) in [5.74, 6) is 1.29. The summed E-state index contributed by atoms with van der Waals surface area (Å²) < 4.78 is 15.4. The Kier molecular flexibility index (Phi) is 7.61. The van der Waals surface area contributed by atoms with Gasteiger partial charge in [-0.1, -0.05) is 6.07 Å². The third-order valence-corrected chi connectivity index (χ3v) is 3.12. The topological polar surface area (TPSA) is 56.8 Å². The summed E-state index contributed by atoms with van der Waals surface area (Å²) in [6, 6.07) is 6.16.